The number of anilines is 1. The van der Waals surface area contributed by atoms with Crippen LogP contribution in [0.4, 0.5) is 5.69 Å². The third-order valence-electron chi connectivity index (χ3n) is 4.69. The summed E-state index contributed by atoms with van der Waals surface area (Å²) in [5.74, 6) is 1.46. The molecular weight excluding hydrogens is 394 g/mol. The van der Waals surface area contributed by atoms with Gasteiger partial charge in [-0.1, -0.05) is 50.2 Å². The molecule has 7 nitrogen and oxygen atoms in total. The molecule has 0 unspecified atom stereocenters. The average molecular weight is 417 g/mol. The molecule has 7 heteroatoms. The van der Waals surface area contributed by atoms with Gasteiger partial charge in [0.2, 0.25) is 5.82 Å². The van der Waals surface area contributed by atoms with E-state index in [0.29, 0.717) is 28.6 Å². The second-order valence-electron chi connectivity index (χ2n) is 8.06. The smallest absolute Gasteiger partial charge is 0.262 e. The van der Waals surface area contributed by atoms with Crippen LogP contribution >= 0.6 is 0 Å². The van der Waals surface area contributed by atoms with Crippen molar-refractivity contribution in [2.75, 3.05) is 11.9 Å². The number of hydrogen-bond donors (Lipinski definition) is 1. The first-order valence-corrected chi connectivity index (χ1v) is 9.90. The topological polar surface area (TPSA) is 90.4 Å². The van der Waals surface area contributed by atoms with E-state index in [2.05, 4.69) is 36.2 Å². The fourth-order valence-corrected chi connectivity index (χ4v) is 3.00. The molecule has 31 heavy (non-hydrogen) atoms. The van der Waals surface area contributed by atoms with E-state index in [1.54, 1.807) is 24.3 Å². The standard InChI is InChI=1S/C24H23N3O4/c1-24(2,3)16-10-12-17(13-11-16)30-15-21(28)25-19-8-5-4-7-18(19)23-26-22(27-31-23)20-9-6-14-29-20/h4-14H,15H2,1-3H3,(H,25,28). The molecule has 0 saturated carbocycles. The summed E-state index contributed by atoms with van der Waals surface area (Å²) in [6.07, 6.45) is 1.54. The first-order valence-electron chi connectivity index (χ1n) is 9.90. The number of nitrogens with zero attached hydrogens (tertiary/aromatic N) is 2. The number of carbonyl (C=O) groups excluding carboxylic acids is 1. The Hall–Kier alpha value is -3.87. The molecule has 0 aliphatic rings. The highest BCUT2D eigenvalue weighted by Crippen LogP contribution is 2.29. The maximum absolute atomic E-state index is 12.5. The van der Waals surface area contributed by atoms with Crippen molar-refractivity contribution < 1.29 is 18.5 Å². The van der Waals surface area contributed by atoms with E-state index in [0.717, 1.165) is 0 Å². The number of furan rings is 1. The van der Waals surface area contributed by atoms with Gasteiger partial charge >= 0.3 is 0 Å². The zero-order valence-corrected chi connectivity index (χ0v) is 17.6. The van der Waals surface area contributed by atoms with Crippen LogP contribution in [-0.2, 0) is 10.2 Å². The highest BCUT2D eigenvalue weighted by atomic mass is 16.5. The summed E-state index contributed by atoms with van der Waals surface area (Å²) >= 11 is 0. The first-order chi connectivity index (χ1) is 14.9. The second kappa shape index (κ2) is 8.47. The van der Waals surface area contributed by atoms with Crippen LogP contribution in [-0.4, -0.2) is 22.7 Å². The van der Waals surface area contributed by atoms with Crippen LogP contribution in [0.15, 0.2) is 75.9 Å². The molecule has 0 fully saturated rings. The molecule has 1 N–H and O–H groups in total. The van der Waals surface area contributed by atoms with E-state index in [1.165, 1.54) is 11.8 Å². The molecular formula is C24H23N3O4. The molecule has 158 valence electrons. The lowest BCUT2D eigenvalue weighted by Crippen LogP contribution is -2.20. The number of benzene rings is 2. The van der Waals surface area contributed by atoms with Crippen molar-refractivity contribution in [3.05, 3.63) is 72.5 Å². The van der Waals surface area contributed by atoms with Gasteiger partial charge in [-0.3, -0.25) is 4.79 Å². The summed E-state index contributed by atoms with van der Waals surface area (Å²) in [5, 5.41) is 6.78. The van der Waals surface area contributed by atoms with Gasteiger partial charge in [0.1, 0.15) is 5.75 Å². The Balaban J connectivity index is 1.42. The highest BCUT2D eigenvalue weighted by molar-refractivity contribution is 5.95. The number of aromatic nitrogens is 2. The van der Waals surface area contributed by atoms with Crippen LogP contribution in [0, 0.1) is 0 Å². The Morgan fingerprint density at radius 1 is 1.03 bits per heavy atom. The summed E-state index contributed by atoms with van der Waals surface area (Å²) < 4.78 is 16.3. The first kappa shape index (κ1) is 20.4. The minimum Gasteiger partial charge on any atom is -0.484 e. The van der Waals surface area contributed by atoms with Crippen LogP contribution in [0.25, 0.3) is 23.0 Å². The molecule has 0 aliphatic heterocycles. The number of ether oxygens (including phenoxy) is 1. The van der Waals surface area contributed by atoms with Crippen molar-refractivity contribution in [3.63, 3.8) is 0 Å². The van der Waals surface area contributed by atoms with Gasteiger partial charge in [0.05, 0.1) is 17.5 Å². The molecule has 0 radical (unpaired) electrons. The number of rotatable bonds is 6. The molecule has 2 aromatic heterocycles. The average Bonchev–Trinajstić information content (AvgIpc) is 3.44. The van der Waals surface area contributed by atoms with Crippen molar-refractivity contribution in [2.45, 2.75) is 26.2 Å². The van der Waals surface area contributed by atoms with Crippen molar-refractivity contribution in [1.82, 2.24) is 10.1 Å². The predicted molar refractivity (Wildman–Crippen MR) is 117 cm³/mol. The minimum absolute atomic E-state index is 0.0607. The van der Waals surface area contributed by atoms with Crippen LogP contribution in [0.5, 0.6) is 5.75 Å². The van der Waals surface area contributed by atoms with Crippen molar-refractivity contribution in [3.8, 4) is 28.8 Å². The molecule has 1 amide bonds. The van der Waals surface area contributed by atoms with E-state index in [4.69, 9.17) is 13.7 Å². The molecule has 0 atom stereocenters. The summed E-state index contributed by atoms with van der Waals surface area (Å²) in [7, 11) is 0. The van der Waals surface area contributed by atoms with E-state index in [9.17, 15) is 4.79 Å². The van der Waals surface area contributed by atoms with Gasteiger partial charge in [-0.25, -0.2) is 0 Å². The normalized spacial score (nSPS) is 11.3. The summed E-state index contributed by atoms with van der Waals surface area (Å²) in [6, 6.07) is 18.5. The molecule has 2 aromatic carbocycles. The number of para-hydroxylation sites is 1. The molecule has 0 aliphatic carbocycles. The summed E-state index contributed by atoms with van der Waals surface area (Å²) in [6.45, 7) is 6.32. The largest absolute Gasteiger partial charge is 0.484 e. The number of carbonyl (C=O) groups is 1. The van der Waals surface area contributed by atoms with Gasteiger partial charge in [-0.05, 0) is 47.4 Å². The van der Waals surface area contributed by atoms with Crippen LogP contribution in [0.3, 0.4) is 0 Å². The lowest BCUT2D eigenvalue weighted by Gasteiger charge is -2.19. The van der Waals surface area contributed by atoms with Crippen LogP contribution in [0.1, 0.15) is 26.3 Å². The van der Waals surface area contributed by atoms with Gasteiger partial charge < -0.3 is 19.0 Å². The molecule has 4 rings (SSSR count). The maximum atomic E-state index is 12.5. The number of amides is 1. The predicted octanol–water partition coefficient (Wildman–Crippen LogP) is 5.31. The quantitative estimate of drug-likeness (QED) is 0.457. The van der Waals surface area contributed by atoms with Gasteiger partial charge in [0.15, 0.2) is 12.4 Å². The Kier molecular flexibility index (Phi) is 5.58. The highest BCUT2D eigenvalue weighted by Gasteiger charge is 2.17. The molecule has 0 saturated heterocycles. The third-order valence-corrected chi connectivity index (χ3v) is 4.69. The van der Waals surface area contributed by atoms with Gasteiger partial charge in [0.25, 0.3) is 11.8 Å². The minimum atomic E-state index is -0.293. The summed E-state index contributed by atoms with van der Waals surface area (Å²) in [4.78, 5) is 16.8. The third kappa shape index (κ3) is 4.83. The fraction of sp³-hybridized carbons (Fsp3) is 0.208. The Labute approximate surface area is 180 Å². The lowest BCUT2D eigenvalue weighted by atomic mass is 9.87. The Morgan fingerprint density at radius 2 is 1.81 bits per heavy atom. The van der Waals surface area contributed by atoms with Crippen LogP contribution < -0.4 is 10.1 Å². The number of hydrogen-bond acceptors (Lipinski definition) is 6. The fourth-order valence-electron chi connectivity index (χ4n) is 3.00. The lowest BCUT2D eigenvalue weighted by molar-refractivity contribution is -0.118. The zero-order chi connectivity index (χ0) is 21.8. The molecule has 0 spiro atoms. The van der Waals surface area contributed by atoms with Crippen molar-refractivity contribution >= 4 is 11.6 Å². The Morgan fingerprint density at radius 3 is 2.52 bits per heavy atom. The van der Waals surface area contributed by atoms with E-state index < -0.39 is 0 Å². The zero-order valence-electron chi connectivity index (χ0n) is 17.6. The van der Waals surface area contributed by atoms with E-state index in [-0.39, 0.29) is 23.8 Å². The van der Waals surface area contributed by atoms with Gasteiger partial charge in [-0.2, -0.15) is 4.98 Å². The van der Waals surface area contributed by atoms with E-state index >= 15 is 0 Å². The van der Waals surface area contributed by atoms with E-state index in [1.807, 2.05) is 36.4 Å². The van der Waals surface area contributed by atoms with Gasteiger partial charge in [0, 0.05) is 0 Å². The molecule has 2 heterocycles. The molecule has 0 bridgehead atoms. The van der Waals surface area contributed by atoms with Gasteiger partial charge in [-0.15, -0.1) is 0 Å². The number of nitrogens with one attached hydrogen (secondary N) is 1. The molecule has 4 aromatic rings. The SMILES string of the molecule is CC(C)(C)c1ccc(OCC(=O)Nc2ccccc2-c2nc(-c3ccco3)no2)cc1. The van der Waals surface area contributed by atoms with Crippen molar-refractivity contribution in [1.29, 1.82) is 0 Å². The Bertz CT molecular complexity index is 1160. The monoisotopic (exact) mass is 417 g/mol. The summed E-state index contributed by atoms with van der Waals surface area (Å²) in [5.41, 5.74) is 2.42. The maximum Gasteiger partial charge on any atom is 0.262 e. The van der Waals surface area contributed by atoms with Crippen molar-refractivity contribution in [2.24, 2.45) is 0 Å². The van der Waals surface area contributed by atoms with Crippen LogP contribution in [0.2, 0.25) is 0 Å². The second-order valence-corrected chi connectivity index (χ2v) is 8.06.